The second-order valence-electron chi connectivity index (χ2n) is 13.2. The molecule has 0 atom stereocenters. The van der Waals surface area contributed by atoms with Crippen molar-refractivity contribution in [3.05, 3.63) is 109 Å². The minimum atomic E-state index is -0.448. The Kier molecular flexibility index (Phi) is 18.4. The zero-order valence-corrected chi connectivity index (χ0v) is 41.4. The number of hydrogen-bond acceptors (Lipinski definition) is 8. The van der Waals surface area contributed by atoms with Gasteiger partial charge in [-0.15, -0.1) is 48.0 Å². The third-order valence-electron chi connectivity index (χ3n) is 9.17. The van der Waals surface area contributed by atoms with Crippen LogP contribution in [0.1, 0.15) is 21.0 Å². The van der Waals surface area contributed by atoms with Crippen molar-refractivity contribution in [2.45, 2.75) is 0 Å². The van der Waals surface area contributed by atoms with E-state index >= 15 is 0 Å². The highest BCUT2D eigenvalue weighted by molar-refractivity contribution is 14.0. The number of aromatic nitrogens is 4. The van der Waals surface area contributed by atoms with Gasteiger partial charge in [-0.2, -0.15) is 9.13 Å². The van der Waals surface area contributed by atoms with Crippen LogP contribution in [0.3, 0.4) is 0 Å². The fraction of sp³-hybridized carbons (Fsp3) is 0.150. The Hall–Kier alpha value is -4.70. The Morgan fingerprint density at radius 2 is 0.983 bits per heavy atom. The number of rotatable bonds is 12. The molecule has 0 aliphatic heterocycles. The number of aryl methyl sites for hydroxylation is 2. The van der Waals surface area contributed by atoms with Crippen molar-refractivity contribution in [2.75, 3.05) is 47.4 Å². The van der Waals surface area contributed by atoms with Gasteiger partial charge in [0.15, 0.2) is 24.3 Å². The highest BCUT2D eigenvalue weighted by atomic mass is 127. The van der Waals surface area contributed by atoms with Crippen molar-refractivity contribution in [3.63, 3.8) is 0 Å². The molecule has 7 rings (SSSR count). The smallest absolute Gasteiger partial charge is 0.274 e. The first-order valence-corrected chi connectivity index (χ1v) is 17.9. The molecule has 4 heterocycles. The average Bonchev–Trinajstić information content (AvgIpc) is 3.17. The summed E-state index contributed by atoms with van der Waals surface area (Å²) in [6.07, 6.45) is 3.67. The van der Waals surface area contributed by atoms with Crippen LogP contribution in [0.4, 0.5) is 22.7 Å². The van der Waals surface area contributed by atoms with E-state index in [0.29, 0.717) is 70.7 Å². The standard InChI is InChI=1S/C40H40N14O2.4HI/c1-53-21-25(17-23-7-3-5-9-33(23)53)49-37(55)31-19-29(45-13-15-47-39(41)42)27-11-12-28-30(46-14-16-48-40(43)44)20-32(52-36(28)35(27)51-31)38(56)50-26-18-24-8-4-6-10-34(24)54(2)22-26;;;;/h3-12,17-22H,13-16H2,1-2H3,(H10-2,41,42,43,44,45,46,47,48,49,50,51,52,55,56);4*1H. The van der Waals surface area contributed by atoms with Gasteiger partial charge in [0, 0.05) is 71.2 Å². The summed E-state index contributed by atoms with van der Waals surface area (Å²) in [6, 6.07) is 26.7. The van der Waals surface area contributed by atoms with E-state index in [1.54, 1.807) is 12.1 Å². The monoisotopic (exact) mass is 1260 g/mol. The number of benzene rings is 3. The van der Waals surface area contributed by atoms with Crippen LogP contribution in [-0.4, -0.2) is 59.9 Å². The Balaban J connectivity index is 0.00000240. The SMILES string of the molecule is C[n+]1cc(NC(=O)c2cc(NCCNC(=N)N)c3ccc4c(NCCNC(=N)N)cc(C(=O)Nc5cc6ccccc6[n+](C)c5)nc4c3n2)cc2ccccc21.I.I.[I-].[I-]. The number of pyridine rings is 4. The number of nitrogens with one attached hydrogen (secondary N) is 8. The van der Waals surface area contributed by atoms with Crippen LogP contribution in [0.25, 0.3) is 43.6 Å². The van der Waals surface area contributed by atoms with Crippen LogP contribution < -0.4 is 100 Å². The number of guanidine groups is 2. The number of nitrogens with zero attached hydrogens (tertiary/aromatic N) is 4. The van der Waals surface area contributed by atoms with Crippen LogP contribution in [0, 0.1) is 10.8 Å². The topological polar surface area (TPSA) is 240 Å². The van der Waals surface area contributed by atoms with E-state index in [0.717, 1.165) is 21.8 Å². The summed E-state index contributed by atoms with van der Waals surface area (Å²) in [5.41, 5.74) is 16.4. The molecule has 7 aromatic rings. The van der Waals surface area contributed by atoms with E-state index in [4.69, 9.17) is 32.3 Å². The Morgan fingerprint density at radius 1 is 0.600 bits per heavy atom. The second-order valence-corrected chi connectivity index (χ2v) is 13.2. The minimum Gasteiger partial charge on any atom is -1.00 e. The average molecular weight is 1260 g/mol. The summed E-state index contributed by atoms with van der Waals surface area (Å²) in [4.78, 5) is 37.8. The molecule has 2 amide bonds. The molecule has 0 unspecified atom stereocenters. The van der Waals surface area contributed by atoms with Gasteiger partial charge in [0.05, 0.1) is 11.0 Å². The molecule has 4 aromatic heterocycles. The maximum absolute atomic E-state index is 14.0. The van der Waals surface area contributed by atoms with Gasteiger partial charge in [0.1, 0.15) is 36.9 Å². The maximum Gasteiger partial charge on any atom is 0.274 e. The number of para-hydroxylation sites is 2. The molecule has 20 heteroatoms. The normalized spacial score (nSPS) is 10.3. The summed E-state index contributed by atoms with van der Waals surface area (Å²) in [5.74, 6) is -1.22. The predicted octanol–water partition coefficient (Wildman–Crippen LogP) is -1.72. The third-order valence-corrected chi connectivity index (χ3v) is 9.17. The van der Waals surface area contributed by atoms with Crippen molar-refractivity contribution in [1.82, 2.24) is 20.6 Å². The van der Waals surface area contributed by atoms with E-state index in [2.05, 4.69) is 31.9 Å². The van der Waals surface area contributed by atoms with Crippen LogP contribution in [0.2, 0.25) is 0 Å². The molecule has 0 fully saturated rings. The van der Waals surface area contributed by atoms with Crippen LogP contribution in [-0.2, 0) is 14.1 Å². The molecule has 12 N–H and O–H groups in total. The number of carbonyl (C=O) groups is 2. The number of nitrogens with two attached hydrogens (primary N) is 2. The zero-order valence-electron chi connectivity index (χ0n) is 32.4. The Morgan fingerprint density at radius 3 is 1.37 bits per heavy atom. The number of halogens is 4. The number of anilines is 4. The first-order valence-electron chi connectivity index (χ1n) is 17.9. The zero-order chi connectivity index (χ0) is 39.3. The van der Waals surface area contributed by atoms with Gasteiger partial charge >= 0.3 is 0 Å². The van der Waals surface area contributed by atoms with Crippen molar-refractivity contribution in [2.24, 2.45) is 25.6 Å². The summed E-state index contributed by atoms with van der Waals surface area (Å²) in [5, 5.41) is 36.6. The summed E-state index contributed by atoms with van der Waals surface area (Å²) < 4.78 is 3.88. The van der Waals surface area contributed by atoms with Gasteiger partial charge in [-0.3, -0.25) is 20.4 Å². The molecular weight excluding hydrogens is 1220 g/mol. The Labute approximate surface area is 413 Å². The van der Waals surface area contributed by atoms with E-state index in [1.807, 2.05) is 108 Å². The minimum absolute atomic E-state index is 0. The van der Waals surface area contributed by atoms with E-state index < -0.39 is 11.8 Å². The lowest BCUT2D eigenvalue weighted by Gasteiger charge is -2.16. The van der Waals surface area contributed by atoms with Gasteiger partial charge in [-0.25, -0.2) is 9.97 Å². The second kappa shape index (κ2) is 22.2. The highest BCUT2D eigenvalue weighted by Crippen LogP contribution is 2.33. The van der Waals surface area contributed by atoms with E-state index in [-0.39, 0.29) is 119 Å². The lowest BCUT2D eigenvalue weighted by Crippen LogP contribution is -3.00. The third kappa shape index (κ3) is 11.6. The van der Waals surface area contributed by atoms with Gasteiger partial charge in [-0.05, 0) is 48.5 Å². The lowest BCUT2D eigenvalue weighted by molar-refractivity contribution is -0.644. The highest BCUT2D eigenvalue weighted by Gasteiger charge is 2.21. The molecular formula is C40H44I4N14O2. The molecule has 60 heavy (non-hydrogen) atoms. The quantitative estimate of drug-likeness (QED) is 0.0166. The predicted molar refractivity (Wildman–Crippen MR) is 251 cm³/mol. The van der Waals surface area contributed by atoms with E-state index in [1.165, 1.54) is 0 Å². The van der Waals surface area contributed by atoms with Gasteiger partial charge in [0.2, 0.25) is 11.0 Å². The van der Waals surface area contributed by atoms with Crippen LogP contribution in [0.15, 0.2) is 97.3 Å². The van der Waals surface area contributed by atoms with E-state index in [9.17, 15) is 9.59 Å². The van der Waals surface area contributed by atoms with Crippen LogP contribution >= 0.6 is 48.0 Å². The van der Waals surface area contributed by atoms with Gasteiger partial charge in [-0.1, -0.05) is 24.3 Å². The van der Waals surface area contributed by atoms with Gasteiger partial charge in [0.25, 0.3) is 11.8 Å². The maximum atomic E-state index is 14.0. The number of amides is 2. The molecule has 0 aliphatic carbocycles. The number of carbonyl (C=O) groups excluding carboxylic acids is 2. The van der Waals surface area contributed by atoms with Crippen molar-refractivity contribution in [1.29, 1.82) is 10.8 Å². The molecule has 0 bridgehead atoms. The number of fused-ring (bicyclic) bond motifs is 5. The largest absolute Gasteiger partial charge is 1.00 e. The lowest BCUT2D eigenvalue weighted by atomic mass is 10.1. The van der Waals surface area contributed by atoms with Gasteiger partial charge < -0.3 is 91.3 Å². The van der Waals surface area contributed by atoms with Crippen molar-refractivity contribution < 1.29 is 66.7 Å². The molecule has 314 valence electrons. The molecule has 16 nitrogen and oxygen atoms in total. The number of hydrogen-bond donors (Lipinski definition) is 10. The summed E-state index contributed by atoms with van der Waals surface area (Å²) in [7, 11) is 3.83. The fourth-order valence-electron chi connectivity index (χ4n) is 6.64. The fourth-order valence-corrected chi connectivity index (χ4v) is 6.64. The molecule has 0 saturated carbocycles. The Bertz CT molecular complexity index is 2530. The molecule has 3 aromatic carbocycles. The molecule has 0 radical (unpaired) electrons. The molecule has 0 aliphatic rings. The molecule has 0 saturated heterocycles. The van der Waals surface area contributed by atoms with Crippen LogP contribution in [0.5, 0.6) is 0 Å². The molecule has 0 spiro atoms. The summed E-state index contributed by atoms with van der Waals surface area (Å²) in [6.45, 7) is 1.43. The van der Waals surface area contributed by atoms with Crippen molar-refractivity contribution >= 4 is 138 Å². The first-order chi connectivity index (χ1) is 27.0. The summed E-state index contributed by atoms with van der Waals surface area (Å²) >= 11 is 0. The first kappa shape index (κ1) is 49.7. The van der Waals surface area contributed by atoms with Crippen molar-refractivity contribution in [3.8, 4) is 0 Å².